The Labute approximate surface area is 133 Å². The maximum absolute atomic E-state index is 9.97. The average Bonchev–Trinajstić information content (AvgIpc) is 2.58. The van der Waals surface area contributed by atoms with Gasteiger partial charge in [0.05, 0.1) is 18.8 Å². The largest absolute Gasteiger partial charge is 0.389 e. The predicted molar refractivity (Wildman–Crippen MR) is 91.8 cm³/mol. The smallest absolute Gasteiger partial charge is 0.0900 e. The van der Waals surface area contributed by atoms with Crippen molar-refractivity contribution in [1.82, 2.24) is 4.90 Å². The summed E-state index contributed by atoms with van der Waals surface area (Å²) in [5.74, 6) is 0. The number of β-amino-alcohol motifs (C(OH)–C–C–N with tert-alkyl or cyclic N) is 1. The van der Waals surface area contributed by atoms with Crippen molar-refractivity contribution < 1.29 is 9.84 Å². The molecule has 3 nitrogen and oxygen atoms in total. The van der Waals surface area contributed by atoms with Gasteiger partial charge in [0.15, 0.2) is 0 Å². The fourth-order valence-corrected chi connectivity index (χ4v) is 2.97. The zero-order valence-corrected chi connectivity index (χ0v) is 14.9. The van der Waals surface area contributed by atoms with Gasteiger partial charge in [-0.05, 0) is 38.8 Å². The summed E-state index contributed by atoms with van der Waals surface area (Å²) in [4.78, 5) is 2.37. The summed E-state index contributed by atoms with van der Waals surface area (Å²) in [5.41, 5.74) is 0. The molecule has 3 heteroatoms. The van der Waals surface area contributed by atoms with Gasteiger partial charge in [0.1, 0.15) is 0 Å². The van der Waals surface area contributed by atoms with Crippen molar-refractivity contribution in [1.29, 1.82) is 0 Å². The zero-order valence-electron chi connectivity index (χ0n) is 14.9. The van der Waals surface area contributed by atoms with Crippen LogP contribution in [0.25, 0.3) is 0 Å². The van der Waals surface area contributed by atoms with Gasteiger partial charge < -0.3 is 14.7 Å². The predicted octanol–water partition coefficient (Wildman–Crippen LogP) is 4.23. The van der Waals surface area contributed by atoms with Crippen molar-refractivity contribution in [3.05, 3.63) is 0 Å². The highest BCUT2D eigenvalue weighted by atomic mass is 16.5. The molecule has 1 aliphatic carbocycles. The summed E-state index contributed by atoms with van der Waals surface area (Å²) in [6.07, 6.45) is 10.4. The fraction of sp³-hybridized carbons (Fsp3) is 1.00. The molecule has 0 aromatic heterocycles. The number of hydrogen-bond donors (Lipinski definition) is 1. The zero-order chi connectivity index (χ0) is 15.9. The molecule has 0 radical (unpaired) electrons. The highest BCUT2D eigenvalue weighted by Gasteiger charge is 2.18. The van der Waals surface area contributed by atoms with Crippen molar-refractivity contribution in [3.63, 3.8) is 0 Å². The van der Waals surface area contributed by atoms with Crippen LogP contribution in [0.2, 0.25) is 0 Å². The van der Waals surface area contributed by atoms with E-state index >= 15 is 0 Å². The first-order valence-electron chi connectivity index (χ1n) is 9.36. The minimum atomic E-state index is -0.296. The Kier molecular flexibility index (Phi) is 14.7. The van der Waals surface area contributed by atoms with Crippen LogP contribution >= 0.6 is 0 Å². The van der Waals surface area contributed by atoms with Gasteiger partial charge in [-0.15, -0.1) is 0 Å². The molecule has 1 heterocycles. The normalized spacial score (nSPS) is 21.6. The lowest BCUT2D eigenvalue weighted by molar-refractivity contribution is -0.0346. The highest BCUT2D eigenvalue weighted by Crippen LogP contribution is 2.20. The van der Waals surface area contributed by atoms with Gasteiger partial charge in [0, 0.05) is 6.54 Å². The topological polar surface area (TPSA) is 32.7 Å². The van der Waals surface area contributed by atoms with Crippen LogP contribution in [0, 0.1) is 0 Å². The molecule has 0 aromatic rings. The average molecular weight is 302 g/mol. The fourth-order valence-electron chi connectivity index (χ4n) is 2.97. The van der Waals surface area contributed by atoms with E-state index < -0.39 is 0 Å². The van der Waals surface area contributed by atoms with Crippen molar-refractivity contribution in [2.45, 2.75) is 91.3 Å². The van der Waals surface area contributed by atoms with Crippen LogP contribution in [0.15, 0.2) is 0 Å². The first kappa shape index (κ1) is 20.9. The lowest BCUT2D eigenvalue weighted by Crippen LogP contribution is -2.38. The Hall–Kier alpha value is -0.120. The monoisotopic (exact) mass is 301 g/mol. The molecule has 1 unspecified atom stereocenters. The van der Waals surface area contributed by atoms with Crippen molar-refractivity contribution in [3.8, 4) is 0 Å². The minimum Gasteiger partial charge on any atom is -0.389 e. The van der Waals surface area contributed by atoms with E-state index in [1.54, 1.807) is 0 Å². The van der Waals surface area contributed by atoms with Gasteiger partial charge in [0.25, 0.3) is 0 Å². The molecule has 1 N–H and O–H groups in total. The first-order valence-corrected chi connectivity index (χ1v) is 9.36. The van der Waals surface area contributed by atoms with Crippen LogP contribution in [-0.4, -0.2) is 48.5 Å². The van der Waals surface area contributed by atoms with Gasteiger partial charge in [0.2, 0.25) is 0 Å². The number of aliphatic hydroxyl groups excluding tert-OH is 1. The minimum absolute atomic E-state index is 0.296. The molecular weight excluding hydrogens is 262 g/mol. The molecule has 21 heavy (non-hydrogen) atoms. The number of rotatable bonds is 5. The van der Waals surface area contributed by atoms with E-state index in [9.17, 15) is 5.11 Å². The van der Waals surface area contributed by atoms with Gasteiger partial charge >= 0.3 is 0 Å². The van der Waals surface area contributed by atoms with Crippen LogP contribution in [-0.2, 0) is 4.74 Å². The lowest BCUT2D eigenvalue weighted by Gasteiger charge is -2.29. The Morgan fingerprint density at radius 1 is 0.905 bits per heavy atom. The molecule has 1 aliphatic heterocycles. The van der Waals surface area contributed by atoms with Crippen molar-refractivity contribution in [2.24, 2.45) is 0 Å². The standard InChI is InChI=1S/C14H27NO2.2C2H6/c16-13(11-15-9-5-2-6-10-15)12-17-14-7-3-1-4-8-14;2*1-2/h13-14,16H,1-12H2;2*1-2H3. The van der Waals surface area contributed by atoms with E-state index in [0.717, 1.165) is 19.6 Å². The summed E-state index contributed by atoms with van der Waals surface area (Å²) in [5, 5.41) is 9.97. The van der Waals surface area contributed by atoms with E-state index in [1.165, 1.54) is 51.4 Å². The lowest BCUT2D eigenvalue weighted by atomic mass is 9.98. The number of hydrogen-bond acceptors (Lipinski definition) is 3. The van der Waals surface area contributed by atoms with Crippen molar-refractivity contribution >= 4 is 0 Å². The maximum Gasteiger partial charge on any atom is 0.0900 e. The SMILES string of the molecule is CC.CC.OC(COC1CCCCC1)CN1CCCCC1. The van der Waals surface area contributed by atoms with E-state index in [4.69, 9.17) is 4.74 Å². The number of ether oxygens (including phenoxy) is 1. The molecule has 1 atom stereocenters. The third kappa shape index (κ3) is 10.3. The van der Waals surface area contributed by atoms with Gasteiger partial charge in [-0.2, -0.15) is 0 Å². The number of nitrogens with zero attached hydrogens (tertiary/aromatic N) is 1. The highest BCUT2D eigenvalue weighted by molar-refractivity contribution is 4.70. The summed E-state index contributed by atoms with van der Waals surface area (Å²) in [6.45, 7) is 11.6. The molecule has 1 saturated heterocycles. The molecule has 0 aromatic carbocycles. The Bertz CT molecular complexity index is 199. The maximum atomic E-state index is 9.97. The van der Waals surface area contributed by atoms with Crippen molar-refractivity contribution in [2.75, 3.05) is 26.2 Å². The second kappa shape index (κ2) is 14.8. The molecule has 2 aliphatic rings. The molecule has 128 valence electrons. The van der Waals surface area contributed by atoms with E-state index in [1.807, 2.05) is 27.7 Å². The third-order valence-corrected chi connectivity index (χ3v) is 3.99. The van der Waals surface area contributed by atoms with Crippen LogP contribution in [0.4, 0.5) is 0 Å². The summed E-state index contributed by atoms with van der Waals surface area (Å²) >= 11 is 0. The van der Waals surface area contributed by atoms with Crippen LogP contribution in [0.3, 0.4) is 0 Å². The molecule has 2 rings (SSSR count). The van der Waals surface area contributed by atoms with E-state index in [2.05, 4.69) is 4.90 Å². The van der Waals surface area contributed by atoms with Crippen LogP contribution in [0.5, 0.6) is 0 Å². The van der Waals surface area contributed by atoms with Crippen LogP contribution in [0.1, 0.15) is 79.1 Å². The van der Waals surface area contributed by atoms with Gasteiger partial charge in [-0.25, -0.2) is 0 Å². The second-order valence-corrected chi connectivity index (χ2v) is 5.61. The summed E-state index contributed by atoms with van der Waals surface area (Å²) < 4.78 is 5.81. The van der Waals surface area contributed by atoms with Gasteiger partial charge in [-0.1, -0.05) is 53.4 Å². The first-order chi connectivity index (χ1) is 10.3. The van der Waals surface area contributed by atoms with E-state index in [-0.39, 0.29) is 6.10 Å². The summed E-state index contributed by atoms with van der Waals surface area (Å²) in [7, 11) is 0. The molecule has 0 spiro atoms. The Morgan fingerprint density at radius 3 is 2.00 bits per heavy atom. The quantitative estimate of drug-likeness (QED) is 0.824. The molecular formula is C18H39NO2. The van der Waals surface area contributed by atoms with Gasteiger partial charge in [-0.3, -0.25) is 0 Å². The third-order valence-electron chi connectivity index (χ3n) is 3.99. The molecule has 0 bridgehead atoms. The molecule has 0 amide bonds. The Balaban J connectivity index is 0.000000921. The second-order valence-electron chi connectivity index (χ2n) is 5.61. The van der Waals surface area contributed by atoms with Crippen LogP contribution < -0.4 is 0 Å². The number of piperidine rings is 1. The number of aliphatic hydroxyl groups is 1. The number of likely N-dealkylation sites (tertiary alicyclic amines) is 1. The van der Waals surface area contributed by atoms with E-state index in [0.29, 0.717) is 12.7 Å². The summed E-state index contributed by atoms with van der Waals surface area (Å²) in [6, 6.07) is 0. The molecule has 2 fully saturated rings. The Morgan fingerprint density at radius 2 is 1.43 bits per heavy atom. The molecule has 1 saturated carbocycles.